The predicted octanol–water partition coefficient (Wildman–Crippen LogP) is 2.70. The van der Waals surface area contributed by atoms with Gasteiger partial charge >= 0.3 is 6.09 Å². The Morgan fingerprint density at radius 1 is 1.45 bits per heavy atom. The molecule has 6 nitrogen and oxygen atoms in total. The van der Waals surface area contributed by atoms with Crippen LogP contribution in [0.2, 0.25) is 0 Å². The predicted molar refractivity (Wildman–Crippen MR) is 89.4 cm³/mol. The van der Waals surface area contributed by atoms with Crippen molar-refractivity contribution < 1.29 is 9.53 Å². The van der Waals surface area contributed by atoms with Crippen molar-refractivity contribution in [1.82, 2.24) is 9.88 Å². The van der Waals surface area contributed by atoms with Crippen molar-refractivity contribution in [3.63, 3.8) is 0 Å². The van der Waals surface area contributed by atoms with Gasteiger partial charge in [0.2, 0.25) is 0 Å². The van der Waals surface area contributed by atoms with E-state index in [0.717, 1.165) is 29.1 Å². The molecule has 0 saturated carbocycles. The second kappa shape index (κ2) is 5.61. The third kappa shape index (κ3) is 3.14. The van der Waals surface area contributed by atoms with Crippen molar-refractivity contribution in [2.75, 3.05) is 36.4 Å². The van der Waals surface area contributed by atoms with E-state index in [0.29, 0.717) is 13.1 Å². The minimum Gasteiger partial charge on any atom is -0.444 e. The zero-order chi connectivity index (χ0) is 15.9. The second-order valence-electron chi connectivity index (χ2n) is 6.68. The molecular formula is C15H21BrN4O2. The van der Waals surface area contributed by atoms with Crippen molar-refractivity contribution >= 4 is 33.5 Å². The lowest BCUT2D eigenvalue weighted by atomic mass is 10.1. The molecule has 22 heavy (non-hydrogen) atoms. The quantitative estimate of drug-likeness (QED) is 0.762. The molecule has 7 heteroatoms. The SMILES string of the molecule is CC(C)(C)OC(=O)N1CCN2c3ncc(Br)cc3NC[C@H]2C1. The van der Waals surface area contributed by atoms with E-state index in [1.807, 2.05) is 33.0 Å². The molecule has 1 saturated heterocycles. The Morgan fingerprint density at radius 2 is 2.23 bits per heavy atom. The van der Waals surface area contributed by atoms with Crippen LogP contribution in [0.15, 0.2) is 16.7 Å². The van der Waals surface area contributed by atoms with Gasteiger partial charge in [-0.05, 0) is 42.8 Å². The van der Waals surface area contributed by atoms with Crippen molar-refractivity contribution in [2.45, 2.75) is 32.4 Å². The molecule has 0 radical (unpaired) electrons. The van der Waals surface area contributed by atoms with Crippen molar-refractivity contribution in [3.8, 4) is 0 Å². The Hall–Kier alpha value is -1.50. The molecule has 1 N–H and O–H groups in total. The van der Waals surface area contributed by atoms with Gasteiger partial charge in [0.05, 0.1) is 11.7 Å². The molecule has 2 aliphatic rings. The molecule has 1 amide bonds. The summed E-state index contributed by atoms with van der Waals surface area (Å²) >= 11 is 3.44. The molecule has 120 valence electrons. The van der Waals surface area contributed by atoms with Crippen molar-refractivity contribution in [2.24, 2.45) is 0 Å². The van der Waals surface area contributed by atoms with Gasteiger partial charge in [-0.15, -0.1) is 0 Å². The summed E-state index contributed by atoms with van der Waals surface area (Å²) < 4.78 is 6.43. The normalized spacial score (nSPS) is 20.8. The number of aromatic nitrogens is 1. The molecule has 1 fully saturated rings. The summed E-state index contributed by atoms with van der Waals surface area (Å²) in [6.45, 7) is 8.55. The third-order valence-corrected chi connectivity index (χ3v) is 4.20. The minimum absolute atomic E-state index is 0.224. The third-order valence-electron chi connectivity index (χ3n) is 3.77. The molecule has 1 aromatic heterocycles. The van der Waals surface area contributed by atoms with E-state index in [4.69, 9.17) is 4.74 Å². The lowest BCUT2D eigenvalue weighted by Crippen LogP contribution is -2.59. The van der Waals surface area contributed by atoms with E-state index in [1.54, 1.807) is 4.90 Å². The molecule has 0 aromatic carbocycles. The summed E-state index contributed by atoms with van der Waals surface area (Å²) in [5.41, 5.74) is 0.579. The Labute approximate surface area is 139 Å². The number of rotatable bonds is 0. The largest absolute Gasteiger partial charge is 0.444 e. The first-order valence-electron chi connectivity index (χ1n) is 7.47. The van der Waals surface area contributed by atoms with Crippen molar-refractivity contribution in [1.29, 1.82) is 0 Å². The molecule has 0 unspecified atom stereocenters. The van der Waals surface area contributed by atoms with E-state index in [1.165, 1.54) is 0 Å². The van der Waals surface area contributed by atoms with Gasteiger partial charge in [-0.25, -0.2) is 9.78 Å². The molecule has 0 bridgehead atoms. The first-order chi connectivity index (χ1) is 10.3. The average molecular weight is 369 g/mol. The first-order valence-corrected chi connectivity index (χ1v) is 8.27. The molecule has 2 aliphatic heterocycles. The summed E-state index contributed by atoms with van der Waals surface area (Å²) in [6, 6.07) is 2.26. The van der Waals surface area contributed by atoms with E-state index in [9.17, 15) is 4.79 Å². The topological polar surface area (TPSA) is 57.7 Å². The zero-order valence-electron chi connectivity index (χ0n) is 13.1. The van der Waals surface area contributed by atoms with Crippen LogP contribution in [-0.4, -0.2) is 53.8 Å². The zero-order valence-corrected chi connectivity index (χ0v) is 14.7. The number of halogens is 1. The lowest BCUT2D eigenvalue weighted by Gasteiger charge is -2.45. The van der Waals surface area contributed by atoms with Gasteiger partial charge in [-0.3, -0.25) is 0 Å². The maximum atomic E-state index is 12.2. The van der Waals surface area contributed by atoms with Gasteiger partial charge in [-0.2, -0.15) is 0 Å². The van der Waals surface area contributed by atoms with Gasteiger partial charge < -0.3 is 19.9 Å². The van der Waals surface area contributed by atoms with Gasteiger partial charge in [0, 0.05) is 36.8 Å². The highest BCUT2D eigenvalue weighted by Crippen LogP contribution is 2.33. The first kappa shape index (κ1) is 15.4. The lowest BCUT2D eigenvalue weighted by molar-refractivity contribution is 0.0216. The number of carbonyl (C=O) groups is 1. The Morgan fingerprint density at radius 3 is 2.95 bits per heavy atom. The number of amides is 1. The molecular weight excluding hydrogens is 348 g/mol. The summed E-state index contributed by atoms with van der Waals surface area (Å²) in [7, 11) is 0. The molecule has 1 atom stereocenters. The van der Waals surface area contributed by atoms with E-state index >= 15 is 0 Å². The number of nitrogens with zero attached hydrogens (tertiary/aromatic N) is 3. The van der Waals surface area contributed by atoms with E-state index < -0.39 is 5.60 Å². The second-order valence-corrected chi connectivity index (χ2v) is 7.59. The highest BCUT2D eigenvalue weighted by molar-refractivity contribution is 9.10. The maximum Gasteiger partial charge on any atom is 0.410 e. The fourth-order valence-electron chi connectivity index (χ4n) is 2.82. The smallest absolute Gasteiger partial charge is 0.410 e. The van der Waals surface area contributed by atoms with Crippen LogP contribution in [0.25, 0.3) is 0 Å². The number of hydrogen-bond donors (Lipinski definition) is 1. The number of fused-ring (bicyclic) bond motifs is 3. The highest BCUT2D eigenvalue weighted by Gasteiger charge is 2.35. The number of ether oxygens (including phenoxy) is 1. The monoisotopic (exact) mass is 368 g/mol. The van der Waals surface area contributed by atoms with Crippen LogP contribution in [0.4, 0.5) is 16.3 Å². The fourth-order valence-corrected chi connectivity index (χ4v) is 3.15. The van der Waals surface area contributed by atoms with E-state index in [2.05, 4.69) is 31.1 Å². The summed E-state index contributed by atoms with van der Waals surface area (Å²) in [6.07, 6.45) is 1.57. The Bertz CT molecular complexity index is 587. The van der Waals surface area contributed by atoms with Gasteiger partial charge in [0.15, 0.2) is 5.82 Å². The van der Waals surface area contributed by atoms with Crippen LogP contribution in [0.5, 0.6) is 0 Å². The summed E-state index contributed by atoms with van der Waals surface area (Å²) in [4.78, 5) is 20.8. The number of hydrogen-bond acceptors (Lipinski definition) is 5. The number of anilines is 2. The van der Waals surface area contributed by atoms with Crippen LogP contribution in [0.3, 0.4) is 0 Å². The van der Waals surface area contributed by atoms with Crippen LogP contribution in [-0.2, 0) is 4.74 Å². The van der Waals surface area contributed by atoms with Crippen LogP contribution < -0.4 is 10.2 Å². The fraction of sp³-hybridized carbons (Fsp3) is 0.600. The summed E-state index contributed by atoms with van der Waals surface area (Å²) in [5.74, 6) is 0.961. The van der Waals surface area contributed by atoms with Crippen LogP contribution in [0, 0.1) is 0 Å². The number of piperazine rings is 1. The van der Waals surface area contributed by atoms with Gasteiger partial charge in [-0.1, -0.05) is 0 Å². The van der Waals surface area contributed by atoms with Gasteiger partial charge in [0.25, 0.3) is 0 Å². The standard InChI is InChI=1S/C15H21BrN4O2/c1-15(2,3)22-14(21)19-4-5-20-11(9-19)8-17-12-6-10(16)7-18-13(12)20/h6-7,11,17H,4-5,8-9H2,1-3H3/t11-/m0/s1. The van der Waals surface area contributed by atoms with Crippen molar-refractivity contribution in [3.05, 3.63) is 16.7 Å². The molecule has 1 aromatic rings. The van der Waals surface area contributed by atoms with Crippen LogP contribution in [0.1, 0.15) is 20.8 Å². The molecule has 3 heterocycles. The highest BCUT2D eigenvalue weighted by atomic mass is 79.9. The van der Waals surface area contributed by atoms with E-state index in [-0.39, 0.29) is 12.1 Å². The summed E-state index contributed by atoms with van der Waals surface area (Å²) in [5, 5.41) is 3.40. The molecule has 3 rings (SSSR count). The number of nitrogens with one attached hydrogen (secondary N) is 1. The number of pyridine rings is 1. The Kier molecular flexibility index (Phi) is 3.92. The molecule has 0 spiro atoms. The van der Waals surface area contributed by atoms with Crippen LogP contribution >= 0.6 is 15.9 Å². The Balaban J connectivity index is 1.71. The minimum atomic E-state index is -0.459. The molecule has 0 aliphatic carbocycles. The maximum absolute atomic E-state index is 12.2. The van der Waals surface area contributed by atoms with Gasteiger partial charge in [0.1, 0.15) is 5.60 Å². The number of carbonyl (C=O) groups excluding carboxylic acids is 1. The average Bonchev–Trinajstić information content (AvgIpc) is 2.44.